The summed E-state index contributed by atoms with van der Waals surface area (Å²) in [5.74, 6) is 0.498. The van der Waals surface area contributed by atoms with E-state index in [0.29, 0.717) is 12.0 Å². The second-order valence-electron chi connectivity index (χ2n) is 5.89. The summed E-state index contributed by atoms with van der Waals surface area (Å²) in [7, 11) is 0. The Morgan fingerprint density at radius 2 is 1.93 bits per heavy atom. The van der Waals surface area contributed by atoms with Gasteiger partial charge in [-0.3, -0.25) is 0 Å². The number of hydrogen-bond donors (Lipinski definition) is 1. The molecule has 0 aromatic rings. The molecule has 1 heterocycles. The van der Waals surface area contributed by atoms with Gasteiger partial charge in [0.05, 0.1) is 17.8 Å². The SMILES string of the molecule is CC1(C)CCC(CC2CCCCC2O)O1. The van der Waals surface area contributed by atoms with Crippen molar-refractivity contribution in [2.45, 2.75) is 76.6 Å². The molecule has 15 heavy (non-hydrogen) atoms. The molecule has 1 saturated carbocycles. The molecule has 2 fully saturated rings. The summed E-state index contributed by atoms with van der Waals surface area (Å²) in [6.07, 6.45) is 8.44. The van der Waals surface area contributed by atoms with Crippen LogP contribution < -0.4 is 0 Å². The van der Waals surface area contributed by atoms with E-state index in [9.17, 15) is 5.11 Å². The molecule has 3 unspecified atom stereocenters. The van der Waals surface area contributed by atoms with Crippen LogP contribution in [-0.4, -0.2) is 22.9 Å². The summed E-state index contributed by atoms with van der Waals surface area (Å²) < 4.78 is 5.99. The van der Waals surface area contributed by atoms with Gasteiger partial charge < -0.3 is 9.84 Å². The van der Waals surface area contributed by atoms with Crippen molar-refractivity contribution in [1.29, 1.82) is 0 Å². The summed E-state index contributed by atoms with van der Waals surface area (Å²) in [4.78, 5) is 0. The van der Waals surface area contributed by atoms with Gasteiger partial charge in [-0.1, -0.05) is 12.8 Å². The first-order chi connectivity index (χ1) is 7.07. The van der Waals surface area contributed by atoms with Crippen LogP contribution >= 0.6 is 0 Å². The smallest absolute Gasteiger partial charge is 0.0631 e. The van der Waals surface area contributed by atoms with Crippen molar-refractivity contribution >= 4 is 0 Å². The Morgan fingerprint density at radius 1 is 1.20 bits per heavy atom. The Hall–Kier alpha value is -0.0800. The van der Waals surface area contributed by atoms with Crippen LogP contribution in [0.2, 0.25) is 0 Å². The van der Waals surface area contributed by atoms with Gasteiger partial charge in [0, 0.05) is 0 Å². The largest absolute Gasteiger partial charge is 0.393 e. The molecule has 1 N–H and O–H groups in total. The molecule has 0 aromatic heterocycles. The third-order valence-corrected chi connectivity index (χ3v) is 3.99. The summed E-state index contributed by atoms with van der Waals surface area (Å²) >= 11 is 0. The molecule has 2 rings (SSSR count). The van der Waals surface area contributed by atoms with Crippen molar-refractivity contribution < 1.29 is 9.84 Å². The van der Waals surface area contributed by atoms with Gasteiger partial charge in [0.25, 0.3) is 0 Å². The van der Waals surface area contributed by atoms with Crippen LogP contribution in [0.4, 0.5) is 0 Å². The molecule has 0 amide bonds. The van der Waals surface area contributed by atoms with Gasteiger partial charge in [0.2, 0.25) is 0 Å². The fourth-order valence-electron chi connectivity index (χ4n) is 3.04. The zero-order valence-electron chi connectivity index (χ0n) is 10.0. The summed E-state index contributed by atoms with van der Waals surface area (Å²) in [5.41, 5.74) is 0.0737. The normalized spacial score (nSPS) is 40.6. The van der Waals surface area contributed by atoms with Crippen molar-refractivity contribution in [3.63, 3.8) is 0 Å². The van der Waals surface area contributed by atoms with Crippen molar-refractivity contribution in [3.8, 4) is 0 Å². The fraction of sp³-hybridized carbons (Fsp3) is 1.00. The minimum absolute atomic E-state index is 0.0638. The second-order valence-corrected chi connectivity index (χ2v) is 5.89. The highest BCUT2D eigenvalue weighted by Gasteiger charge is 2.34. The minimum Gasteiger partial charge on any atom is -0.393 e. The lowest BCUT2D eigenvalue weighted by Crippen LogP contribution is -2.29. The Kier molecular flexibility index (Phi) is 3.36. The van der Waals surface area contributed by atoms with Crippen LogP contribution in [0.1, 0.15) is 58.8 Å². The van der Waals surface area contributed by atoms with Crippen LogP contribution in [0.15, 0.2) is 0 Å². The molecule has 2 nitrogen and oxygen atoms in total. The highest BCUT2D eigenvalue weighted by atomic mass is 16.5. The maximum atomic E-state index is 9.90. The Labute approximate surface area is 93.0 Å². The Bertz CT molecular complexity index is 213. The van der Waals surface area contributed by atoms with E-state index in [1.54, 1.807) is 0 Å². The Morgan fingerprint density at radius 3 is 2.53 bits per heavy atom. The third kappa shape index (κ3) is 2.94. The molecule has 0 aromatic carbocycles. The quantitative estimate of drug-likeness (QED) is 0.762. The topological polar surface area (TPSA) is 29.5 Å². The summed E-state index contributed by atoms with van der Waals surface area (Å²) in [5, 5.41) is 9.90. The van der Waals surface area contributed by atoms with Crippen LogP contribution in [-0.2, 0) is 4.74 Å². The van der Waals surface area contributed by atoms with Gasteiger partial charge in [-0.15, -0.1) is 0 Å². The number of aliphatic hydroxyl groups is 1. The van der Waals surface area contributed by atoms with E-state index in [1.165, 1.54) is 32.1 Å². The second kappa shape index (κ2) is 4.42. The van der Waals surface area contributed by atoms with E-state index < -0.39 is 0 Å². The lowest BCUT2D eigenvalue weighted by Gasteiger charge is -2.30. The van der Waals surface area contributed by atoms with Crippen LogP contribution in [0.3, 0.4) is 0 Å². The summed E-state index contributed by atoms with van der Waals surface area (Å²) in [6.45, 7) is 4.34. The fourth-order valence-corrected chi connectivity index (χ4v) is 3.04. The van der Waals surface area contributed by atoms with E-state index in [-0.39, 0.29) is 11.7 Å². The number of hydrogen-bond acceptors (Lipinski definition) is 2. The van der Waals surface area contributed by atoms with Gasteiger partial charge in [0.1, 0.15) is 0 Å². The van der Waals surface area contributed by atoms with E-state index >= 15 is 0 Å². The highest BCUT2D eigenvalue weighted by Crippen LogP contribution is 2.36. The molecular formula is C13H24O2. The average Bonchev–Trinajstić information content (AvgIpc) is 2.50. The van der Waals surface area contributed by atoms with Gasteiger partial charge >= 0.3 is 0 Å². The first-order valence-electron chi connectivity index (χ1n) is 6.43. The molecule has 2 heteroatoms. The number of rotatable bonds is 2. The molecular weight excluding hydrogens is 188 g/mol. The Balaban J connectivity index is 1.81. The van der Waals surface area contributed by atoms with Crippen LogP contribution in [0.25, 0.3) is 0 Å². The van der Waals surface area contributed by atoms with Crippen LogP contribution in [0, 0.1) is 5.92 Å². The zero-order chi connectivity index (χ0) is 10.9. The summed E-state index contributed by atoms with van der Waals surface area (Å²) in [6, 6.07) is 0. The zero-order valence-corrected chi connectivity index (χ0v) is 10.0. The van der Waals surface area contributed by atoms with Gasteiger partial charge in [-0.2, -0.15) is 0 Å². The van der Waals surface area contributed by atoms with Crippen molar-refractivity contribution in [3.05, 3.63) is 0 Å². The van der Waals surface area contributed by atoms with Gasteiger partial charge in [-0.05, 0) is 51.9 Å². The highest BCUT2D eigenvalue weighted by molar-refractivity contribution is 4.84. The molecule has 2 aliphatic rings. The maximum Gasteiger partial charge on any atom is 0.0631 e. The van der Waals surface area contributed by atoms with Gasteiger partial charge in [-0.25, -0.2) is 0 Å². The van der Waals surface area contributed by atoms with E-state index in [2.05, 4.69) is 13.8 Å². The maximum absolute atomic E-state index is 9.90. The first kappa shape index (κ1) is 11.4. The van der Waals surface area contributed by atoms with Crippen molar-refractivity contribution in [1.82, 2.24) is 0 Å². The molecule has 0 bridgehead atoms. The third-order valence-electron chi connectivity index (χ3n) is 3.99. The molecule has 1 aliphatic heterocycles. The molecule has 1 aliphatic carbocycles. The standard InChI is InChI=1S/C13H24O2/c1-13(2)8-7-11(15-13)9-10-5-3-4-6-12(10)14/h10-12,14H,3-9H2,1-2H3. The monoisotopic (exact) mass is 212 g/mol. The molecule has 1 saturated heterocycles. The molecule has 0 spiro atoms. The minimum atomic E-state index is -0.0638. The first-order valence-corrected chi connectivity index (χ1v) is 6.43. The van der Waals surface area contributed by atoms with E-state index in [0.717, 1.165) is 12.8 Å². The lowest BCUT2D eigenvalue weighted by molar-refractivity contribution is -0.0404. The van der Waals surface area contributed by atoms with E-state index in [1.807, 2.05) is 0 Å². The lowest BCUT2D eigenvalue weighted by atomic mass is 9.82. The predicted octanol–water partition coefficient (Wildman–Crippen LogP) is 2.89. The number of aliphatic hydroxyl groups excluding tert-OH is 1. The van der Waals surface area contributed by atoms with Crippen molar-refractivity contribution in [2.75, 3.05) is 0 Å². The molecule has 0 radical (unpaired) electrons. The average molecular weight is 212 g/mol. The van der Waals surface area contributed by atoms with Crippen molar-refractivity contribution in [2.24, 2.45) is 5.92 Å². The predicted molar refractivity (Wildman–Crippen MR) is 60.8 cm³/mol. The van der Waals surface area contributed by atoms with Crippen LogP contribution in [0.5, 0.6) is 0 Å². The molecule has 3 atom stereocenters. The number of ether oxygens (including phenoxy) is 1. The van der Waals surface area contributed by atoms with Gasteiger partial charge in [0.15, 0.2) is 0 Å². The van der Waals surface area contributed by atoms with E-state index in [4.69, 9.17) is 4.74 Å². The molecule has 88 valence electrons.